The minimum absolute atomic E-state index is 0.0555. The first-order chi connectivity index (χ1) is 13.6. The highest BCUT2D eigenvalue weighted by atomic mass is 16.7. The van der Waals surface area contributed by atoms with Gasteiger partial charge in [-0.25, -0.2) is 9.97 Å². The third-order valence-corrected chi connectivity index (χ3v) is 6.13. The molecular weight excluding hydrogens is 375 g/mol. The van der Waals surface area contributed by atoms with Gasteiger partial charge in [0.15, 0.2) is 6.10 Å². The van der Waals surface area contributed by atoms with Gasteiger partial charge in [-0.15, -0.1) is 0 Å². The van der Waals surface area contributed by atoms with E-state index in [-0.39, 0.29) is 6.04 Å². The van der Waals surface area contributed by atoms with Crippen LogP contribution in [-0.2, 0) is 14.1 Å². The van der Waals surface area contributed by atoms with Gasteiger partial charge in [0.2, 0.25) is 5.95 Å². The van der Waals surface area contributed by atoms with Crippen LogP contribution < -0.4 is 10.4 Å². The summed E-state index contributed by atoms with van der Waals surface area (Å²) >= 11 is 0. The average molecular weight is 406 g/mol. The van der Waals surface area contributed by atoms with Gasteiger partial charge in [0.25, 0.3) is 5.91 Å². The van der Waals surface area contributed by atoms with E-state index in [1.165, 1.54) is 0 Å². The van der Waals surface area contributed by atoms with Crippen LogP contribution >= 0.6 is 0 Å². The first-order valence-electron chi connectivity index (χ1n) is 10.0. The van der Waals surface area contributed by atoms with Gasteiger partial charge in [0, 0.05) is 44.0 Å². The lowest BCUT2D eigenvalue weighted by Gasteiger charge is -2.32. The topological polar surface area (TPSA) is 108 Å². The van der Waals surface area contributed by atoms with E-state index in [0.717, 1.165) is 18.3 Å². The number of rotatable bonds is 6. The van der Waals surface area contributed by atoms with Crippen molar-refractivity contribution in [1.29, 1.82) is 0 Å². The van der Waals surface area contributed by atoms with Crippen molar-refractivity contribution in [1.82, 2.24) is 14.9 Å². The number of likely N-dealkylation sites (N-methyl/N-ethyl adjacent to an activating group) is 1. The first kappa shape index (κ1) is 22.0. The van der Waals surface area contributed by atoms with Crippen LogP contribution in [0.5, 0.6) is 0 Å². The van der Waals surface area contributed by atoms with Gasteiger partial charge in [0.1, 0.15) is 0 Å². The van der Waals surface area contributed by atoms with Gasteiger partial charge in [-0.05, 0) is 40.5 Å². The smallest absolute Gasteiger partial charge is 0.399 e. The van der Waals surface area contributed by atoms with Gasteiger partial charge >= 0.3 is 7.12 Å². The monoisotopic (exact) mass is 406 g/mol. The lowest BCUT2D eigenvalue weighted by atomic mass is 9.81. The molecule has 1 amide bonds. The van der Waals surface area contributed by atoms with Crippen LogP contribution in [0.2, 0.25) is 0 Å². The highest BCUT2D eigenvalue weighted by Gasteiger charge is 2.52. The Morgan fingerprint density at radius 3 is 2.45 bits per heavy atom. The van der Waals surface area contributed by atoms with E-state index in [2.05, 4.69) is 9.97 Å². The number of amides is 1. The second-order valence-corrected chi connectivity index (χ2v) is 8.81. The maximum absolute atomic E-state index is 12.2. The number of hydrogen-bond acceptors (Lipinski definition) is 8. The number of carbonyl (C=O) groups is 1. The molecule has 160 valence electrons. The third kappa shape index (κ3) is 4.40. The number of carbonyl (C=O) groups excluding carboxylic acids is 1. The lowest BCUT2D eigenvalue weighted by molar-refractivity contribution is -0.142. The maximum atomic E-state index is 12.2. The Morgan fingerprint density at radius 1 is 1.31 bits per heavy atom. The normalized spacial score (nSPS) is 24.0. The Kier molecular flexibility index (Phi) is 6.19. The number of aromatic nitrogens is 2. The van der Waals surface area contributed by atoms with Gasteiger partial charge in [0.05, 0.1) is 17.8 Å². The number of likely N-dealkylation sites (tertiary alicyclic amines) is 1. The number of nitrogens with zero attached hydrogens (tertiary/aromatic N) is 4. The second kappa shape index (κ2) is 8.18. The molecule has 1 aromatic heterocycles. The molecule has 3 rings (SSSR count). The van der Waals surface area contributed by atoms with Crippen LogP contribution in [-0.4, -0.2) is 88.2 Å². The minimum atomic E-state index is -1.36. The molecule has 1 aromatic rings. The minimum Gasteiger partial charge on any atom is -0.399 e. The van der Waals surface area contributed by atoms with Gasteiger partial charge < -0.3 is 29.3 Å². The molecule has 0 aromatic carbocycles. The Labute approximate surface area is 172 Å². The molecule has 0 spiro atoms. The summed E-state index contributed by atoms with van der Waals surface area (Å²) in [7, 11) is 1.36. The summed E-state index contributed by atoms with van der Waals surface area (Å²) in [6.07, 6.45) is 3.74. The van der Waals surface area contributed by atoms with E-state index in [9.17, 15) is 9.90 Å². The molecule has 0 aliphatic carbocycles. The molecular formula is C19H31BN4O5. The number of hydrogen-bond donors (Lipinski definition) is 2. The standard InChI is InChI=1S/C19H31BN4O5/c1-18(2)19(3,4)29-20(28-18)13-9-21-17(22-10-13)23(5)11-14-7-6-8-24(14)16(27)15(26)12-25/h9-10,14-15,25-26H,6-8,11-12H2,1-5H3/t14-,15+/m1/s1. The Balaban J connectivity index is 1.64. The largest absolute Gasteiger partial charge is 0.498 e. The molecule has 2 atom stereocenters. The quantitative estimate of drug-likeness (QED) is 0.612. The summed E-state index contributed by atoms with van der Waals surface area (Å²) in [5.74, 6) is 0.104. The van der Waals surface area contributed by atoms with Crippen LogP contribution in [0.3, 0.4) is 0 Å². The number of aliphatic hydroxyl groups excluding tert-OH is 2. The van der Waals surface area contributed by atoms with E-state index in [1.807, 2.05) is 39.6 Å². The fourth-order valence-corrected chi connectivity index (χ4v) is 3.61. The average Bonchev–Trinajstić information content (AvgIpc) is 3.21. The van der Waals surface area contributed by atoms with Crippen LogP contribution in [0.1, 0.15) is 40.5 Å². The Hall–Kier alpha value is -1.75. The maximum Gasteiger partial charge on any atom is 0.498 e. The highest BCUT2D eigenvalue weighted by Crippen LogP contribution is 2.36. The first-order valence-corrected chi connectivity index (χ1v) is 10.0. The zero-order chi connectivity index (χ0) is 21.4. The molecule has 2 aliphatic rings. The van der Waals surface area contributed by atoms with Crippen molar-refractivity contribution in [3.05, 3.63) is 12.4 Å². The summed E-state index contributed by atoms with van der Waals surface area (Å²) in [4.78, 5) is 24.6. The molecule has 10 heteroatoms. The van der Waals surface area contributed by atoms with Crippen LogP contribution in [0.4, 0.5) is 5.95 Å². The van der Waals surface area contributed by atoms with Crippen molar-refractivity contribution >= 4 is 24.4 Å². The molecule has 2 saturated heterocycles. The van der Waals surface area contributed by atoms with Gasteiger partial charge in [-0.1, -0.05) is 0 Å². The molecule has 29 heavy (non-hydrogen) atoms. The molecule has 2 aliphatic heterocycles. The molecule has 0 saturated carbocycles. The molecule has 0 unspecified atom stereocenters. The number of aliphatic hydroxyl groups is 2. The fraction of sp³-hybridized carbons (Fsp3) is 0.737. The summed E-state index contributed by atoms with van der Waals surface area (Å²) < 4.78 is 12.1. The van der Waals surface area contributed by atoms with E-state index < -0.39 is 36.9 Å². The highest BCUT2D eigenvalue weighted by molar-refractivity contribution is 6.61. The summed E-state index contributed by atoms with van der Waals surface area (Å²) in [5, 5.41) is 18.7. The van der Waals surface area contributed by atoms with Crippen molar-refractivity contribution in [3.63, 3.8) is 0 Å². The zero-order valence-electron chi connectivity index (χ0n) is 17.8. The molecule has 9 nitrogen and oxygen atoms in total. The van der Waals surface area contributed by atoms with E-state index >= 15 is 0 Å². The lowest BCUT2D eigenvalue weighted by Crippen LogP contribution is -2.47. The van der Waals surface area contributed by atoms with Crippen molar-refractivity contribution in [2.45, 2.75) is 63.9 Å². The molecule has 2 N–H and O–H groups in total. The summed E-state index contributed by atoms with van der Waals surface area (Å²) in [6.45, 7) is 8.55. The van der Waals surface area contributed by atoms with Crippen LogP contribution in [0.15, 0.2) is 12.4 Å². The summed E-state index contributed by atoms with van der Waals surface area (Å²) in [5.41, 5.74) is -0.0975. The molecule has 0 bridgehead atoms. The number of anilines is 1. The zero-order valence-corrected chi connectivity index (χ0v) is 17.8. The van der Waals surface area contributed by atoms with Crippen LogP contribution in [0.25, 0.3) is 0 Å². The SMILES string of the molecule is CN(C[C@H]1CCCN1C(=O)[C@@H](O)CO)c1ncc(B2OC(C)(C)C(C)(C)O2)cn1. The van der Waals surface area contributed by atoms with Crippen LogP contribution in [0, 0.1) is 0 Å². The van der Waals surface area contributed by atoms with Gasteiger partial charge in [-0.2, -0.15) is 0 Å². The van der Waals surface area contributed by atoms with E-state index in [1.54, 1.807) is 17.3 Å². The van der Waals surface area contributed by atoms with Gasteiger partial charge in [-0.3, -0.25) is 4.79 Å². The fourth-order valence-electron chi connectivity index (χ4n) is 3.61. The van der Waals surface area contributed by atoms with E-state index in [0.29, 0.717) is 19.0 Å². The van der Waals surface area contributed by atoms with Crippen molar-refractivity contribution < 1.29 is 24.3 Å². The van der Waals surface area contributed by atoms with E-state index in [4.69, 9.17) is 14.4 Å². The second-order valence-electron chi connectivity index (χ2n) is 8.81. The predicted molar refractivity (Wildman–Crippen MR) is 109 cm³/mol. The van der Waals surface area contributed by atoms with Crippen molar-refractivity contribution in [2.24, 2.45) is 0 Å². The predicted octanol–water partition coefficient (Wildman–Crippen LogP) is -0.444. The van der Waals surface area contributed by atoms with Crippen molar-refractivity contribution in [3.8, 4) is 0 Å². The molecule has 0 radical (unpaired) electrons. The third-order valence-electron chi connectivity index (χ3n) is 6.13. The summed E-state index contributed by atoms with van der Waals surface area (Å²) in [6, 6.07) is -0.0555. The van der Waals surface area contributed by atoms with Crippen molar-refractivity contribution in [2.75, 3.05) is 31.6 Å². The Bertz CT molecular complexity index is 714. The molecule has 2 fully saturated rings. The molecule has 3 heterocycles. The Morgan fingerprint density at radius 2 is 1.90 bits per heavy atom.